The van der Waals surface area contributed by atoms with Gasteiger partial charge in [0.1, 0.15) is 11.6 Å². The van der Waals surface area contributed by atoms with Gasteiger partial charge in [0.25, 0.3) is 0 Å². The molecule has 4 nitrogen and oxygen atoms in total. The standard InChI is InChI=1S/C17H23N3O/c1-20-16-8-3-2-7-15(16)19-17(20)12-14(21)10-9-13-6-4-5-11-18-13/h2-3,7-8,13,18H,4-6,9-12H2,1H3. The molecule has 1 fully saturated rings. The molecule has 0 radical (unpaired) electrons. The number of hydrogen-bond donors (Lipinski definition) is 1. The van der Waals surface area contributed by atoms with Gasteiger partial charge < -0.3 is 9.88 Å². The van der Waals surface area contributed by atoms with Crippen molar-refractivity contribution in [3.63, 3.8) is 0 Å². The Morgan fingerprint density at radius 3 is 3.00 bits per heavy atom. The molecule has 0 bridgehead atoms. The lowest BCUT2D eigenvalue weighted by Crippen LogP contribution is -2.34. The van der Waals surface area contributed by atoms with Crippen molar-refractivity contribution in [2.24, 2.45) is 7.05 Å². The van der Waals surface area contributed by atoms with Crippen molar-refractivity contribution in [3.05, 3.63) is 30.1 Å². The number of Topliss-reactive ketones (excluding diaryl/α,β-unsaturated/α-hetero) is 1. The van der Waals surface area contributed by atoms with Crippen LogP contribution in [0.5, 0.6) is 0 Å². The maximum absolute atomic E-state index is 12.2. The Bertz CT molecular complexity index is 626. The molecule has 1 aromatic carbocycles. The molecule has 1 saturated heterocycles. The van der Waals surface area contributed by atoms with E-state index in [9.17, 15) is 4.79 Å². The number of piperidine rings is 1. The summed E-state index contributed by atoms with van der Waals surface area (Å²) in [5.41, 5.74) is 2.06. The third-order valence-electron chi connectivity index (χ3n) is 4.42. The van der Waals surface area contributed by atoms with E-state index in [-0.39, 0.29) is 0 Å². The number of carbonyl (C=O) groups excluding carboxylic acids is 1. The van der Waals surface area contributed by atoms with Gasteiger partial charge in [-0.2, -0.15) is 0 Å². The van der Waals surface area contributed by atoms with Crippen molar-refractivity contribution in [1.29, 1.82) is 0 Å². The first-order chi connectivity index (χ1) is 10.2. The minimum Gasteiger partial charge on any atom is -0.331 e. The molecule has 0 aliphatic carbocycles. The predicted octanol–water partition coefficient (Wildman–Crippen LogP) is 2.61. The Labute approximate surface area is 125 Å². The van der Waals surface area contributed by atoms with Gasteiger partial charge in [-0.15, -0.1) is 0 Å². The summed E-state index contributed by atoms with van der Waals surface area (Å²) in [4.78, 5) is 16.8. The number of para-hydroxylation sites is 2. The quantitative estimate of drug-likeness (QED) is 0.918. The first-order valence-electron chi connectivity index (χ1n) is 7.89. The Kier molecular flexibility index (Phi) is 4.34. The zero-order chi connectivity index (χ0) is 14.7. The van der Waals surface area contributed by atoms with Crippen LogP contribution in [0, 0.1) is 0 Å². The van der Waals surface area contributed by atoms with Crippen LogP contribution in [0.1, 0.15) is 37.9 Å². The van der Waals surface area contributed by atoms with Crippen LogP contribution in [0.2, 0.25) is 0 Å². The van der Waals surface area contributed by atoms with Crippen molar-refractivity contribution >= 4 is 16.8 Å². The SMILES string of the molecule is Cn1c(CC(=O)CCC2CCCCN2)nc2ccccc21. The molecule has 112 valence electrons. The van der Waals surface area contributed by atoms with Gasteiger partial charge in [0.2, 0.25) is 0 Å². The summed E-state index contributed by atoms with van der Waals surface area (Å²) >= 11 is 0. The number of aromatic nitrogens is 2. The summed E-state index contributed by atoms with van der Waals surface area (Å²) in [7, 11) is 1.99. The fourth-order valence-corrected chi connectivity index (χ4v) is 3.12. The van der Waals surface area contributed by atoms with E-state index in [0.29, 0.717) is 24.7 Å². The summed E-state index contributed by atoms with van der Waals surface area (Å²) in [6.07, 6.45) is 5.82. The van der Waals surface area contributed by atoms with Crippen LogP contribution >= 0.6 is 0 Å². The van der Waals surface area contributed by atoms with Gasteiger partial charge in [0, 0.05) is 19.5 Å². The molecule has 1 aliphatic heterocycles. The number of ketones is 1. The molecule has 3 rings (SSSR count). The number of aryl methyl sites for hydroxylation is 1. The highest BCUT2D eigenvalue weighted by atomic mass is 16.1. The highest BCUT2D eigenvalue weighted by molar-refractivity contribution is 5.82. The molecule has 1 N–H and O–H groups in total. The van der Waals surface area contributed by atoms with Gasteiger partial charge in [-0.05, 0) is 37.9 Å². The summed E-state index contributed by atoms with van der Waals surface area (Å²) in [5.74, 6) is 1.17. The van der Waals surface area contributed by atoms with Gasteiger partial charge in [-0.25, -0.2) is 4.98 Å². The van der Waals surface area contributed by atoms with Crippen molar-refractivity contribution in [3.8, 4) is 0 Å². The maximum atomic E-state index is 12.2. The Balaban J connectivity index is 1.59. The molecule has 1 aliphatic rings. The largest absolute Gasteiger partial charge is 0.331 e. The van der Waals surface area contributed by atoms with Crippen LogP contribution in [-0.4, -0.2) is 27.9 Å². The molecule has 1 atom stereocenters. The highest BCUT2D eigenvalue weighted by Gasteiger charge is 2.16. The average Bonchev–Trinajstić information content (AvgIpc) is 2.83. The fourth-order valence-electron chi connectivity index (χ4n) is 3.12. The average molecular weight is 285 g/mol. The topological polar surface area (TPSA) is 46.9 Å². The van der Waals surface area contributed by atoms with E-state index in [0.717, 1.165) is 29.8 Å². The zero-order valence-electron chi connectivity index (χ0n) is 12.6. The van der Waals surface area contributed by atoms with E-state index in [1.54, 1.807) is 0 Å². The van der Waals surface area contributed by atoms with Crippen LogP contribution in [0.3, 0.4) is 0 Å². The minimum atomic E-state index is 0.292. The van der Waals surface area contributed by atoms with Crippen molar-refractivity contribution in [2.75, 3.05) is 6.54 Å². The van der Waals surface area contributed by atoms with Crippen molar-refractivity contribution in [1.82, 2.24) is 14.9 Å². The Morgan fingerprint density at radius 2 is 2.24 bits per heavy atom. The minimum absolute atomic E-state index is 0.292. The molecule has 2 aromatic rings. The number of imidazole rings is 1. The van der Waals surface area contributed by atoms with Gasteiger partial charge in [0.15, 0.2) is 0 Å². The molecule has 21 heavy (non-hydrogen) atoms. The maximum Gasteiger partial charge on any atom is 0.140 e. The number of nitrogens with zero attached hydrogens (tertiary/aromatic N) is 2. The lowest BCUT2D eigenvalue weighted by molar-refractivity contribution is -0.118. The van der Waals surface area contributed by atoms with E-state index in [4.69, 9.17) is 0 Å². The molecule has 2 heterocycles. The Morgan fingerprint density at radius 1 is 1.38 bits per heavy atom. The summed E-state index contributed by atoms with van der Waals surface area (Å²) < 4.78 is 2.03. The molecule has 0 spiro atoms. The molecule has 0 amide bonds. The second-order valence-electron chi connectivity index (χ2n) is 5.98. The summed E-state index contributed by atoms with van der Waals surface area (Å²) in [5, 5.41) is 3.50. The van der Waals surface area contributed by atoms with E-state index in [2.05, 4.69) is 10.3 Å². The molecule has 1 aromatic heterocycles. The van der Waals surface area contributed by atoms with Crippen LogP contribution in [0.15, 0.2) is 24.3 Å². The lowest BCUT2D eigenvalue weighted by Gasteiger charge is -2.22. The van der Waals surface area contributed by atoms with Crippen LogP contribution < -0.4 is 5.32 Å². The first kappa shape index (κ1) is 14.3. The van der Waals surface area contributed by atoms with Gasteiger partial charge in [-0.3, -0.25) is 4.79 Å². The smallest absolute Gasteiger partial charge is 0.140 e. The van der Waals surface area contributed by atoms with E-state index in [1.807, 2.05) is 35.9 Å². The predicted molar refractivity (Wildman–Crippen MR) is 84.3 cm³/mol. The molecule has 0 saturated carbocycles. The summed E-state index contributed by atoms with van der Waals surface area (Å²) in [6.45, 7) is 1.10. The molecular weight excluding hydrogens is 262 g/mol. The second-order valence-corrected chi connectivity index (χ2v) is 5.98. The van der Waals surface area contributed by atoms with E-state index < -0.39 is 0 Å². The van der Waals surface area contributed by atoms with Crippen LogP contribution in [-0.2, 0) is 18.3 Å². The molecule has 4 heteroatoms. The van der Waals surface area contributed by atoms with Gasteiger partial charge >= 0.3 is 0 Å². The normalized spacial score (nSPS) is 19.0. The lowest BCUT2D eigenvalue weighted by atomic mass is 9.99. The van der Waals surface area contributed by atoms with Gasteiger partial charge in [-0.1, -0.05) is 18.6 Å². The third kappa shape index (κ3) is 3.32. The number of carbonyl (C=O) groups is 1. The first-order valence-corrected chi connectivity index (χ1v) is 7.89. The molecular formula is C17H23N3O. The fraction of sp³-hybridized carbons (Fsp3) is 0.529. The van der Waals surface area contributed by atoms with Crippen molar-refractivity contribution < 1.29 is 4.79 Å². The molecule has 1 unspecified atom stereocenters. The monoisotopic (exact) mass is 285 g/mol. The number of rotatable bonds is 5. The van der Waals surface area contributed by atoms with Crippen LogP contribution in [0.4, 0.5) is 0 Å². The van der Waals surface area contributed by atoms with E-state index in [1.165, 1.54) is 19.3 Å². The zero-order valence-corrected chi connectivity index (χ0v) is 12.6. The second kappa shape index (κ2) is 6.39. The Hall–Kier alpha value is -1.68. The number of benzene rings is 1. The third-order valence-corrected chi connectivity index (χ3v) is 4.42. The van der Waals surface area contributed by atoms with Gasteiger partial charge in [0.05, 0.1) is 17.5 Å². The van der Waals surface area contributed by atoms with E-state index >= 15 is 0 Å². The number of nitrogens with one attached hydrogen (secondary N) is 1. The number of hydrogen-bond acceptors (Lipinski definition) is 3. The highest BCUT2D eigenvalue weighted by Crippen LogP contribution is 2.16. The summed E-state index contributed by atoms with van der Waals surface area (Å²) in [6, 6.07) is 8.56. The van der Waals surface area contributed by atoms with Crippen molar-refractivity contribution in [2.45, 2.75) is 44.6 Å². The number of fused-ring (bicyclic) bond motifs is 1. The van der Waals surface area contributed by atoms with Crippen LogP contribution in [0.25, 0.3) is 11.0 Å².